The number of benzene rings is 1. The summed E-state index contributed by atoms with van der Waals surface area (Å²) >= 11 is 0. The van der Waals surface area contributed by atoms with Crippen LogP contribution in [0.5, 0.6) is 5.75 Å². The Morgan fingerprint density at radius 2 is 2.09 bits per heavy atom. The summed E-state index contributed by atoms with van der Waals surface area (Å²) in [6.45, 7) is 2.66. The number of hydrogen-bond donors (Lipinski definition) is 3. The number of Topliss-reactive ketones (excluding diaryl/α,β-unsaturated/α-hetero) is 2. The van der Waals surface area contributed by atoms with Gasteiger partial charge in [0, 0.05) is 18.4 Å². The van der Waals surface area contributed by atoms with Gasteiger partial charge in [-0.15, -0.1) is 0 Å². The van der Waals surface area contributed by atoms with Gasteiger partial charge in [-0.3, -0.25) is 14.2 Å². The van der Waals surface area contributed by atoms with Crippen molar-refractivity contribution in [1.29, 1.82) is 0 Å². The predicted molar refractivity (Wildman–Crippen MR) is 115 cm³/mol. The largest absolute Gasteiger partial charge is 0.382 e. The van der Waals surface area contributed by atoms with Crippen LogP contribution >= 0.6 is 0 Å². The van der Waals surface area contributed by atoms with Gasteiger partial charge in [-0.2, -0.15) is 4.89 Å². The Morgan fingerprint density at radius 3 is 2.82 bits per heavy atom. The van der Waals surface area contributed by atoms with Gasteiger partial charge in [-0.05, 0) is 25.5 Å². The minimum Gasteiger partial charge on any atom is -0.382 e. The maximum Gasteiger partial charge on any atom is 0.171 e. The normalized spacial score (nSPS) is 26.9. The van der Waals surface area contributed by atoms with Crippen molar-refractivity contribution in [2.75, 3.05) is 5.73 Å². The molecule has 2 aromatic heterocycles. The molecule has 178 valence electrons. The maximum absolute atomic E-state index is 12.6. The first-order chi connectivity index (χ1) is 16.1. The summed E-state index contributed by atoms with van der Waals surface area (Å²) in [5.74, 6) is -0.619. The van der Waals surface area contributed by atoms with Gasteiger partial charge in [0.25, 0.3) is 0 Å². The number of anilines is 1. The molecule has 4 N–H and O–H groups in total. The van der Waals surface area contributed by atoms with E-state index in [-0.39, 0.29) is 18.7 Å². The summed E-state index contributed by atoms with van der Waals surface area (Å²) in [5, 5.41) is 22.0. The van der Waals surface area contributed by atoms with E-state index in [1.54, 1.807) is 10.6 Å². The van der Waals surface area contributed by atoms with E-state index >= 15 is 0 Å². The fourth-order valence-electron chi connectivity index (χ4n) is 4.62. The van der Waals surface area contributed by atoms with E-state index < -0.39 is 35.1 Å². The molecule has 12 nitrogen and oxygen atoms in total. The number of rotatable bonds is 6. The molecule has 1 aromatic carbocycles. The molecule has 0 amide bonds. The molecule has 1 unspecified atom stereocenters. The van der Waals surface area contributed by atoms with Gasteiger partial charge in [0.15, 0.2) is 40.1 Å². The summed E-state index contributed by atoms with van der Waals surface area (Å²) in [6.07, 6.45) is -0.747. The second-order valence-corrected chi connectivity index (χ2v) is 8.71. The highest BCUT2D eigenvalue weighted by atomic mass is 17.2. The van der Waals surface area contributed by atoms with Crippen molar-refractivity contribution in [3.05, 3.63) is 42.0 Å². The third-order valence-electron chi connectivity index (χ3n) is 6.45. The molecular formula is C22H23N5O7. The first kappa shape index (κ1) is 22.3. The van der Waals surface area contributed by atoms with Crippen LogP contribution in [0.3, 0.4) is 0 Å². The minimum atomic E-state index is -2.16. The Hall–Kier alpha value is -3.45. The molecule has 4 heterocycles. The van der Waals surface area contributed by atoms with Crippen LogP contribution in [0.15, 0.2) is 30.9 Å². The smallest absolute Gasteiger partial charge is 0.171 e. The number of aliphatic hydroxyl groups is 2. The van der Waals surface area contributed by atoms with Crippen LogP contribution in [0.1, 0.15) is 31.4 Å². The van der Waals surface area contributed by atoms with E-state index in [2.05, 4.69) is 15.0 Å². The lowest BCUT2D eigenvalue weighted by atomic mass is 9.83. The zero-order valence-electron chi connectivity index (χ0n) is 18.5. The number of carbonyl (C=O) groups is 2. The zero-order chi connectivity index (χ0) is 24.3. The Kier molecular flexibility index (Phi) is 5.13. The number of carbonyl (C=O) groups excluding carboxylic acids is 2. The zero-order valence-corrected chi connectivity index (χ0v) is 18.5. The Balaban J connectivity index is 1.68. The van der Waals surface area contributed by atoms with Gasteiger partial charge in [0.2, 0.25) is 0 Å². The van der Waals surface area contributed by atoms with Gasteiger partial charge in [0.05, 0.1) is 6.33 Å². The SMILES string of the molecule is CC(=O)C(O)[C@H]1O[C@@](Cc2ccc3c(c2)OOC3)(n2cnc3c(N)ncnc32)C[C@@]1(O)C(C)=O. The molecule has 0 saturated carbocycles. The van der Waals surface area contributed by atoms with Crippen molar-refractivity contribution in [3.63, 3.8) is 0 Å². The standard InChI is InChI=1S/C22H23N5O7/c1-11(28)17(30)18-22(31,12(2)29)8-21(33-18,6-13-3-4-14-7-32-34-15(14)5-13)27-10-26-16-19(23)24-9-25-20(16)27/h3-5,9-10,17-18,30-31H,6-8H2,1-2H3,(H2,23,24,25)/t17?,18-,21-,22-/m1/s1. The number of hydrogen-bond acceptors (Lipinski definition) is 11. The highest BCUT2D eigenvalue weighted by molar-refractivity contribution is 5.89. The Bertz CT molecular complexity index is 1310. The topological polar surface area (TPSA) is 172 Å². The van der Waals surface area contributed by atoms with E-state index in [0.717, 1.165) is 18.1 Å². The van der Waals surface area contributed by atoms with Gasteiger partial charge in [0.1, 0.15) is 30.7 Å². The molecule has 0 aliphatic carbocycles. The van der Waals surface area contributed by atoms with Crippen LogP contribution in [0, 0.1) is 0 Å². The summed E-state index contributed by atoms with van der Waals surface area (Å²) < 4.78 is 7.82. The number of nitrogens with two attached hydrogens (primary N) is 1. The quantitative estimate of drug-likeness (QED) is 0.421. The lowest BCUT2D eigenvalue weighted by Crippen LogP contribution is -2.52. The molecular weight excluding hydrogens is 446 g/mol. The van der Waals surface area contributed by atoms with E-state index in [0.29, 0.717) is 23.5 Å². The van der Waals surface area contributed by atoms with Gasteiger partial charge >= 0.3 is 0 Å². The highest BCUT2D eigenvalue weighted by Gasteiger charge is 2.62. The molecule has 0 radical (unpaired) electrons. The van der Waals surface area contributed by atoms with Crippen molar-refractivity contribution < 1.29 is 34.3 Å². The van der Waals surface area contributed by atoms with E-state index in [1.165, 1.54) is 19.6 Å². The number of aliphatic hydroxyl groups excluding tert-OH is 1. The van der Waals surface area contributed by atoms with Crippen molar-refractivity contribution >= 4 is 28.5 Å². The maximum atomic E-state index is 12.6. The van der Waals surface area contributed by atoms with Crippen molar-refractivity contribution in [1.82, 2.24) is 19.5 Å². The Labute approximate surface area is 193 Å². The number of fused-ring (bicyclic) bond motifs is 2. The molecule has 0 bridgehead atoms. The molecule has 3 aromatic rings. The lowest BCUT2D eigenvalue weighted by Gasteiger charge is -2.31. The summed E-state index contributed by atoms with van der Waals surface area (Å²) in [5.41, 5.74) is 4.52. The van der Waals surface area contributed by atoms with E-state index in [9.17, 15) is 19.8 Å². The van der Waals surface area contributed by atoms with E-state index in [4.69, 9.17) is 20.2 Å². The number of ketones is 2. The highest BCUT2D eigenvalue weighted by Crippen LogP contribution is 2.47. The second kappa shape index (κ2) is 7.81. The molecule has 5 rings (SSSR count). The van der Waals surface area contributed by atoms with Crippen LogP contribution in [0.4, 0.5) is 5.82 Å². The van der Waals surface area contributed by atoms with E-state index in [1.807, 2.05) is 12.1 Å². The van der Waals surface area contributed by atoms with Gasteiger partial charge < -0.3 is 25.6 Å². The van der Waals surface area contributed by atoms with Crippen LogP contribution in [-0.4, -0.2) is 59.1 Å². The van der Waals surface area contributed by atoms with Crippen LogP contribution in [0.2, 0.25) is 0 Å². The monoisotopic (exact) mass is 469 g/mol. The van der Waals surface area contributed by atoms with Crippen LogP contribution in [0.25, 0.3) is 11.2 Å². The number of nitrogens with zero attached hydrogens (tertiary/aromatic N) is 4. The number of aromatic nitrogens is 4. The number of ether oxygens (including phenoxy) is 1. The van der Waals surface area contributed by atoms with Crippen LogP contribution in [-0.2, 0) is 38.0 Å². The lowest BCUT2D eigenvalue weighted by molar-refractivity contribution is -0.194. The molecule has 1 fully saturated rings. The van der Waals surface area contributed by atoms with Gasteiger partial charge in [-0.1, -0.05) is 12.1 Å². The molecule has 2 aliphatic rings. The number of nitrogen functional groups attached to an aromatic ring is 1. The predicted octanol–water partition coefficient (Wildman–Crippen LogP) is 0.187. The molecule has 34 heavy (non-hydrogen) atoms. The first-order valence-electron chi connectivity index (χ1n) is 10.6. The third-order valence-corrected chi connectivity index (χ3v) is 6.45. The molecule has 2 aliphatic heterocycles. The average Bonchev–Trinajstić information content (AvgIpc) is 3.50. The minimum absolute atomic E-state index is 0.107. The van der Waals surface area contributed by atoms with Crippen molar-refractivity contribution in [3.8, 4) is 5.75 Å². The fourth-order valence-corrected chi connectivity index (χ4v) is 4.62. The molecule has 12 heteroatoms. The summed E-state index contributed by atoms with van der Waals surface area (Å²) in [7, 11) is 0. The molecule has 4 atom stereocenters. The summed E-state index contributed by atoms with van der Waals surface area (Å²) in [6, 6.07) is 5.44. The van der Waals surface area contributed by atoms with Crippen LogP contribution < -0.4 is 10.6 Å². The van der Waals surface area contributed by atoms with Crippen molar-refractivity contribution in [2.24, 2.45) is 0 Å². The van der Waals surface area contributed by atoms with Crippen molar-refractivity contribution in [2.45, 2.75) is 56.8 Å². The molecule has 1 saturated heterocycles. The van der Waals surface area contributed by atoms with Gasteiger partial charge in [-0.25, -0.2) is 15.0 Å². The first-order valence-corrected chi connectivity index (χ1v) is 10.6. The number of imidazole rings is 1. The third kappa shape index (κ3) is 3.34. The molecule has 0 spiro atoms. The second-order valence-electron chi connectivity index (χ2n) is 8.71. The fraction of sp³-hybridized carbons (Fsp3) is 0.409. The average molecular weight is 469 g/mol. The Morgan fingerprint density at radius 1 is 1.29 bits per heavy atom. The summed E-state index contributed by atoms with van der Waals surface area (Å²) in [4.78, 5) is 47.4.